The van der Waals surface area contributed by atoms with Gasteiger partial charge < -0.3 is 15.4 Å². The molecule has 2 aliphatic heterocycles. The van der Waals surface area contributed by atoms with Crippen molar-refractivity contribution in [3.63, 3.8) is 0 Å². The van der Waals surface area contributed by atoms with Crippen molar-refractivity contribution >= 4 is 22.8 Å². The highest BCUT2D eigenvalue weighted by Gasteiger charge is 2.38. The summed E-state index contributed by atoms with van der Waals surface area (Å²) < 4.78 is 5.39. The third kappa shape index (κ3) is 4.38. The number of nitrogens with zero attached hydrogens (tertiary/aromatic N) is 1. The van der Waals surface area contributed by atoms with Crippen molar-refractivity contribution in [2.75, 3.05) is 25.5 Å². The fourth-order valence-electron chi connectivity index (χ4n) is 2.22. The Balaban J connectivity index is 1.83. The number of carbonyl (C=O) groups excluding carboxylic acids is 1. The Kier molecular flexibility index (Phi) is 4.40. The number of hydrogen-bond donors (Lipinski definition) is 2. The van der Waals surface area contributed by atoms with Crippen molar-refractivity contribution in [1.82, 2.24) is 10.6 Å². The van der Waals surface area contributed by atoms with Crippen LogP contribution in [0.1, 0.15) is 33.6 Å². The Labute approximate surface area is 119 Å². The van der Waals surface area contributed by atoms with Crippen LogP contribution >= 0.6 is 11.8 Å². The van der Waals surface area contributed by atoms with E-state index in [1.54, 1.807) is 11.8 Å². The maximum Gasteiger partial charge on any atom is 0.242 e. The van der Waals surface area contributed by atoms with E-state index < -0.39 is 0 Å². The van der Waals surface area contributed by atoms with Crippen molar-refractivity contribution in [2.45, 2.75) is 44.7 Å². The molecule has 0 aromatic rings. The first-order chi connectivity index (χ1) is 8.89. The van der Waals surface area contributed by atoms with Crippen LogP contribution in [0.4, 0.5) is 0 Å². The highest BCUT2D eigenvalue weighted by molar-refractivity contribution is 8.14. The fraction of sp³-hybridized carbons (Fsp3) is 0.846. The normalized spacial score (nSPS) is 24.5. The molecule has 2 aliphatic rings. The van der Waals surface area contributed by atoms with Gasteiger partial charge in [0.1, 0.15) is 6.54 Å². The molecule has 2 heterocycles. The Hall–Kier alpha value is -0.750. The highest BCUT2D eigenvalue weighted by Crippen LogP contribution is 2.31. The van der Waals surface area contributed by atoms with Crippen molar-refractivity contribution in [3.8, 4) is 0 Å². The first-order valence-electron chi connectivity index (χ1n) is 6.73. The molecule has 5 nitrogen and oxygen atoms in total. The molecule has 0 aliphatic carbocycles. The molecule has 1 spiro atoms. The lowest BCUT2D eigenvalue weighted by Crippen LogP contribution is -2.48. The van der Waals surface area contributed by atoms with E-state index in [2.05, 4.69) is 15.6 Å². The topological polar surface area (TPSA) is 62.7 Å². The van der Waals surface area contributed by atoms with Gasteiger partial charge in [-0.05, 0) is 33.6 Å². The lowest BCUT2D eigenvalue weighted by Gasteiger charge is -2.32. The van der Waals surface area contributed by atoms with Crippen LogP contribution in [0, 0.1) is 0 Å². The maximum atomic E-state index is 11.7. The summed E-state index contributed by atoms with van der Waals surface area (Å²) in [6.07, 6.45) is 2.04. The van der Waals surface area contributed by atoms with E-state index in [1.165, 1.54) is 0 Å². The van der Waals surface area contributed by atoms with Crippen LogP contribution in [0.25, 0.3) is 0 Å². The second-order valence-electron chi connectivity index (χ2n) is 6.23. The SMILES string of the molecule is CC(C)(C)NC(=O)CN=C1NC2(CCOCC2)CS1. The quantitative estimate of drug-likeness (QED) is 0.799. The van der Waals surface area contributed by atoms with Gasteiger partial charge in [0.15, 0.2) is 5.17 Å². The zero-order valence-electron chi connectivity index (χ0n) is 11.9. The van der Waals surface area contributed by atoms with E-state index in [1.807, 2.05) is 20.8 Å². The van der Waals surface area contributed by atoms with E-state index in [9.17, 15) is 4.79 Å². The van der Waals surface area contributed by atoms with Gasteiger partial charge in [-0.15, -0.1) is 0 Å². The van der Waals surface area contributed by atoms with Gasteiger partial charge in [-0.2, -0.15) is 0 Å². The lowest BCUT2D eigenvalue weighted by atomic mass is 9.93. The zero-order chi connectivity index (χ0) is 13.9. The molecule has 2 rings (SSSR count). The number of amidine groups is 1. The van der Waals surface area contributed by atoms with Crippen LogP contribution in [0.5, 0.6) is 0 Å². The monoisotopic (exact) mass is 285 g/mol. The molecule has 108 valence electrons. The molecule has 0 unspecified atom stereocenters. The third-order valence-electron chi connectivity index (χ3n) is 3.19. The van der Waals surface area contributed by atoms with Gasteiger partial charge in [-0.3, -0.25) is 9.79 Å². The molecule has 2 fully saturated rings. The van der Waals surface area contributed by atoms with Crippen molar-refractivity contribution in [3.05, 3.63) is 0 Å². The largest absolute Gasteiger partial charge is 0.381 e. The summed E-state index contributed by atoms with van der Waals surface area (Å²) >= 11 is 1.71. The Morgan fingerprint density at radius 3 is 2.79 bits per heavy atom. The van der Waals surface area contributed by atoms with Crippen molar-refractivity contribution < 1.29 is 9.53 Å². The van der Waals surface area contributed by atoms with Crippen molar-refractivity contribution in [1.29, 1.82) is 0 Å². The molecular weight excluding hydrogens is 262 g/mol. The number of aliphatic imine (C=N–C) groups is 1. The van der Waals surface area contributed by atoms with E-state index in [-0.39, 0.29) is 23.5 Å². The molecule has 6 heteroatoms. The average Bonchev–Trinajstić information content (AvgIpc) is 2.69. The van der Waals surface area contributed by atoms with E-state index in [0.29, 0.717) is 0 Å². The highest BCUT2D eigenvalue weighted by atomic mass is 32.2. The van der Waals surface area contributed by atoms with Crippen LogP contribution in [0.2, 0.25) is 0 Å². The minimum absolute atomic E-state index is 0.0321. The smallest absolute Gasteiger partial charge is 0.242 e. The molecule has 2 saturated heterocycles. The fourth-order valence-corrected chi connectivity index (χ4v) is 3.44. The molecule has 0 radical (unpaired) electrons. The molecular formula is C13H23N3O2S. The van der Waals surface area contributed by atoms with Gasteiger partial charge in [0.05, 0.1) is 5.54 Å². The van der Waals surface area contributed by atoms with E-state index >= 15 is 0 Å². The van der Waals surface area contributed by atoms with Crippen LogP contribution < -0.4 is 10.6 Å². The molecule has 0 saturated carbocycles. The summed E-state index contributed by atoms with van der Waals surface area (Å²) in [6.45, 7) is 7.72. The Morgan fingerprint density at radius 2 is 2.16 bits per heavy atom. The summed E-state index contributed by atoms with van der Waals surface area (Å²) in [5.74, 6) is 0.992. The van der Waals surface area contributed by atoms with Gasteiger partial charge in [0.25, 0.3) is 0 Å². The molecule has 0 aromatic carbocycles. The van der Waals surface area contributed by atoms with Gasteiger partial charge in [0, 0.05) is 24.5 Å². The number of amides is 1. The summed E-state index contributed by atoms with van der Waals surface area (Å²) in [4.78, 5) is 16.1. The number of rotatable bonds is 2. The molecule has 2 N–H and O–H groups in total. The molecule has 19 heavy (non-hydrogen) atoms. The summed E-state index contributed by atoms with van der Waals surface area (Å²) in [5, 5.41) is 7.28. The molecule has 0 bridgehead atoms. The van der Waals surface area contributed by atoms with Crippen molar-refractivity contribution in [2.24, 2.45) is 4.99 Å². The van der Waals surface area contributed by atoms with Crippen LogP contribution in [0.3, 0.4) is 0 Å². The number of nitrogens with one attached hydrogen (secondary N) is 2. The molecule has 0 atom stereocenters. The number of thioether (sulfide) groups is 1. The van der Waals surface area contributed by atoms with Gasteiger partial charge in [0.2, 0.25) is 5.91 Å². The Bertz CT molecular complexity index is 371. The molecule has 1 amide bonds. The van der Waals surface area contributed by atoms with E-state index in [0.717, 1.165) is 37.0 Å². The number of carbonyl (C=O) groups is 1. The summed E-state index contributed by atoms with van der Waals surface area (Å²) in [5.41, 5.74) is -0.0578. The predicted molar refractivity (Wildman–Crippen MR) is 78.6 cm³/mol. The van der Waals surface area contributed by atoms with Crippen LogP contribution in [-0.2, 0) is 9.53 Å². The molecule has 0 aromatic heterocycles. The minimum atomic E-state index is -0.199. The summed E-state index contributed by atoms with van der Waals surface area (Å²) in [6, 6.07) is 0. The Morgan fingerprint density at radius 1 is 1.47 bits per heavy atom. The number of hydrogen-bond acceptors (Lipinski definition) is 4. The van der Waals surface area contributed by atoms with E-state index in [4.69, 9.17) is 4.74 Å². The predicted octanol–water partition coefficient (Wildman–Crippen LogP) is 1.14. The minimum Gasteiger partial charge on any atom is -0.381 e. The van der Waals surface area contributed by atoms with Gasteiger partial charge in [-0.1, -0.05) is 11.8 Å². The second kappa shape index (κ2) is 5.71. The third-order valence-corrected chi connectivity index (χ3v) is 4.39. The maximum absolute atomic E-state index is 11.7. The first-order valence-corrected chi connectivity index (χ1v) is 7.71. The summed E-state index contributed by atoms with van der Waals surface area (Å²) in [7, 11) is 0. The van der Waals surface area contributed by atoms with Gasteiger partial charge in [-0.25, -0.2) is 0 Å². The standard InChI is InChI=1S/C13H23N3O2S/c1-12(2,3)15-10(17)8-14-11-16-13(9-19-11)4-6-18-7-5-13/h4-9H2,1-3H3,(H,14,16)(H,15,17). The first kappa shape index (κ1) is 14.7. The van der Waals surface area contributed by atoms with Gasteiger partial charge >= 0.3 is 0 Å². The zero-order valence-corrected chi connectivity index (χ0v) is 12.7. The second-order valence-corrected chi connectivity index (χ2v) is 7.19. The lowest BCUT2D eigenvalue weighted by molar-refractivity contribution is -0.121. The van der Waals surface area contributed by atoms with Crippen LogP contribution in [-0.4, -0.2) is 47.7 Å². The average molecular weight is 285 g/mol. The number of ether oxygens (including phenoxy) is 1. The van der Waals surface area contributed by atoms with Crippen LogP contribution in [0.15, 0.2) is 4.99 Å².